The summed E-state index contributed by atoms with van der Waals surface area (Å²) in [6.45, 7) is 3.94. The summed E-state index contributed by atoms with van der Waals surface area (Å²) in [5.41, 5.74) is 5.75. The lowest BCUT2D eigenvalue weighted by Crippen LogP contribution is -2.32. The smallest absolute Gasteiger partial charge is 0.128 e. The third-order valence-electron chi connectivity index (χ3n) is 6.15. The molecule has 1 aromatic carbocycles. The molecule has 4 rings (SSSR count). The number of aryl methyl sites for hydroxylation is 2. The molecule has 3 aliphatic carbocycles. The van der Waals surface area contributed by atoms with Gasteiger partial charge < -0.3 is 0 Å². The molecule has 0 saturated heterocycles. The molecule has 0 spiro atoms. The Morgan fingerprint density at radius 1 is 1.20 bits per heavy atom. The molecule has 3 heteroatoms. The highest BCUT2D eigenvalue weighted by Gasteiger charge is 2.67. The van der Waals surface area contributed by atoms with E-state index in [-0.39, 0.29) is 11.9 Å². The van der Waals surface area contributed by atoms with Crippen LogP contribution in [0.1, 0.15) is 42.0 Å². The number of hydrogen-bond donors (Lipinski definition) is 2. The molecule has 0 amide bonds. The maximum absolute atomic E-state index is 14.4. The fraction of sp³-hybridized carbons (Fsp3) is 0.647. The maximum atomic E-state index is 14.4. The van der Waals surface area contributed by atoms with E-state index in [0.717, 1.165) is 40.4 Å². The molecule has 1 aromatic rings. The van der Waals surface area contributed by atoms with Crippen molar-refractivity contribution in [2.45, 2.75) is 39.2 Å². The van der Waals surface area contributed by atoms with Gasteiger partial charge in [0.05, 0.1) is 6.04 Å². The molecule has 2 bridgehead atoms. The van der Waals surface area contributed by atoms with Crippen LogP contribution < -0.4 is 11.3 Å². The lowest BCUT2D eigenvalue weighted by atomic mass is 9.90. The second-order valence-electron chi connectivity index (χ2n) is 7.19. The predicted octanol–water partition coefficient (Wildman–Crippen LogP) is 3.24. The van der Waals surface area contributed by atoms with Crippen LogP contribution in [0.3, 0.4) is 0 Å². The highest BCUT2D eigenvalue weighted by Crippen LogP contribution is 2.72. The van der Waals surface area contributed by atoms with Gasteiger partial charge in [0, 0.05) is 5.56 Å². The largest absolute Gasteiger partial charge is 0.271 e. The monoisotopic (exact) mass is 274 g/mol. The third kappa shape index (κ3) is 1.63. The van der Waals surface area contributed by atoms with Crippen LogP contribution in [0.25, 0.3) is 0 Å². The van der Waals surface area contributed by atoms with E-state index in [9.17, 15) is 4.39 Å². The van der Waals surface area contributed by atoms with Crippen molar-refractivity contribution in [1.29, 1.82) is 0 Å². The van der Waals surface area contributed by atoms with Gasteiger partial charge >= 0.3 is 0 Å². The number of hydrazine groups is 1. The molecular formula is C17H23FN2. The minimum absolute atomic E-state index is 0.00556. The fourth-order valence-corrected chi connectivity index (χ4v) is 5.55. The van der Waals surface area contributed by atoms with E-state index in [0.29, 0.717) is 5.92 Å². The van der Waals surface area contributed by atoms with Gasteiger partial charge in [-0.25, -0.2) is 4.39 Å². The molecule has 5 atom stereocenters. The quantitative estimate of drug-likeness (QED) is 0.656. The molecule has 0 radical (unpaired) electrons. The standard InChI is InChI=1S/C17H23FN2/c1-8-5-9(2)13(12(18)6-8)17(20-19)16-14-10-3-4-11(7-10)15(14)16/h5-6,10-11,14-17,20H,3-4,7,19H2,1-2H3. The summed E-state index contributed by atoms with van der Waals surface area (Å²) in [4.78, 5) is 0. The Hall–Kier alpha value is -0.930. The maximum Gasteiger partial charge on any atom is 0.128 e. The zero-order valence-corrected chi connectivity index (χ0v) is 12.2. The minimum atomic E-state index is -0.0947. The Bertz CT molecular complexity index is 517. The number of halogens is 1. The van der Waals surface area contributed by atoms with Crippen molar-refractivity contribution in [2.75, 3.05) is 0 Å². The summed E-state index contributed by atoms with van der Waals surface area (Å²) in [6.07, 6.45) is 4.18. The van der Waals surface area contributed by atoms with Crippen LogP contribution in [0.2, 0.25) is 0 Å². The summed E-state index contributed by atoms with van der Waals surface area (Å²) in [5.74, 6) is 9.66. The molecule has 3 saturated carbocycles. The van der Waals surface area contributed by atoms with Crippen LogP contribution in [0.15, 0.2) is 12.1 Å². The van der Waals surface area contributed by atoms with E-state index in [1.54, 1.807) is 6.07 Å². The second-order valence-corrected chi connectivity index (χ2v) is 7.19. The SMILES string of the molecule is Cc1cc(C)c(C(NN)C2C3C4CCC(C4)C32)c(F)c1. The lowest BCUT2D eigenvalue weighted by Gasteiger charge is -2.23. The Morgan fingerprint density at radius 2 is 1.85 bits per heavy atom. The Balaban J connectivity index is 1.67. The molecule has 20 heavy (non-hydrogen) atoms. The van der Waals surface area contributed by atoms with E-state index in [2.05, 4.69) is 11.5 Å². The van der Waals surface area contributed by atoms with E-state index in [1.807, 2.05) is 13.8 Å². The topological polar surface area (TPSA) is 38.0 Å². The van der Waals surface area contributed by atoms with Crippen LogP contribution >= 0.6 is 0 Å². The van der Waals surface area contributed by atoms with Crippen LogP contribution in [-0.4, -0.2) is 0 Å². The number of benzene rings is 1. The summed E-state index contributed by atoms with van der Waals surface area (Å²) >= 11 is 0. The number of rotatable bonds is 3. The van der Waals surface area contributed by atoms with Crippen molar-refractivity contribution >= 4 is 0 Å². The number of fused-ring (bicyclic) bond motifs is 5. The van der Waals surface area contributed by atoms with Gasteiger partial charge in [-0.05, 0) is 79.9 Å². The Kier molecular flexibility index (Phi) is 2.74. The first-order chi connectivity index (χ1) is 9.61. The number of nitrogens with one attached hydrogen (secondary N) is 1. The van der Waals surface area contributed by atoms with Gasteiger partial charge in [0.1, 0.15) is 5.82 Å². The summed E-state index contributed by atoms with van der Waals surface area (Å²) in [6, 6.07) is 3.70. The van der Waals surface area contributed by atoms with Gasteiger partial charge in [0.25, 0.3) is 0 Å². The fourth-order valence-electron chi connectivity index (χ4n) is 5.55. The molecule has 0 aliphatic heterocycles. The third-order valence-corrected chi connectivity index (χ3v) is 6.15. The molecule has 108 valence electrons. The summed E-state index contributed by atoms with van der Waals surface area (Å²) < 4.78 is 14.4. The van der Waals surface area contributed by atoms with Crippen LogP contribution in [0.5, 0.6) is 0 Å². The first-order valence-corrected chi connectivity index (χ1v) is 7.84. The van der Waals surface area contributed by atoms with Gasteiger partial charge in [0.2, 0.25) is 0 Å². The Labute approximate surface area is 119 Å². The zero-order valence-electron chi connectivity index (χ0n) is 12.2. The highest BCUT2D eigenvalue weighted by atomic mass is 19.1. The van der Waals surface area contributed by atoms with Gasteiger partial charge in [-0.15, -0.1) is 0 Å². The molecule has 5 unspecified atom stereocenters. The zero-order chi connectivity index (χ0) is 14.0. The molecule has 0 aromatic heterocycles. The van der Waals surface area contributed by atoms with Crippen molar-refractivity contribution in [2.24, 2.45) is 35.4 Å². The van der Waals surface area contributed by atoms with E-state index < -0.39 is 0 Å². The highest BCUT2D eigenvalue weighted by molar-refractivity contribution is 5.36. The van der Waals surface area contributed by atoms with E-state index >= 15 is 0 Å². The van der Waals surface area contributed by atoms with Crippen molar-refractivity contribution in [3.63, 3.8) is 0 Å². The second kappa shape index (κ2) is 4.28. The first-order valence-electron chi connectivity index (χ1n) is 7.84. The van der Waals surface area contributed by atoms with E-state index in [1.165, 1.54) is 19.3 Å². The summed E-state index contributed by atoms with van der Waals surface area (Å²) in [7, 11) is 0. The van der Waals surface area contributed by atoms with E-state index in [4.69, 9.17) is 5.84 Å². The Morgan fingerprint density at radius 3 is 2.40 bits per heavy atom. The normalized spacial score (nSPS) is 38.9. The van der Waals surface area contributed by atoms with Gasteiger partial charge in [-0.3, -0.25) is 11.3 Å². The lowest BCUT2D eigenvalue weighted by molar-refractivity contribution is 0.364. The molecular weight excluding hydrogens is 251 g/mol. The van der Waals surface area contributed by atoms with Crippen molar-refractivity contribution in [3.8, 4) is 0 Å². The van der Waals surface area contributed by atoms with Crippen molar-refractivity contribution < 1.29 is 4.39 Å². The number of nitrogens with two attached hydrogens (primary N) is 1. The average Bonchev–Trinajstić information content (AvgIpc) is 2.81. The average molecular weight is 274 g/mol. The molecule has 3 fully saturated rings. The van der Waals surface area contributed by atoms with Crippen LogP contribution in [0.4, 0.5) is 4.39 Å². The molecule has 0 heterocycles. The van der Waals surface area contributed by atoms with Crippen molar-refractivity contribution in [1.82, 2.24) is 5.43 Å². The minimum Gasteiger partial charge on any atom is -0.271 e. The van der Waals surface area contributed by atoms with Gasteiger partial charge in [-0.1, -0.05) is 6.07 Å². The summed E-state index contributed by atoms with van der Waals surface area (Å²) in [5, 5.41) is 0. The molecule has 3 aliphatic rings. The predicted molar refractivity (Wildman–Crippen MR) is 77.2 cm³/mol. The van der Waals surface area contributed by atoms with Crippen LogP contribution in [-0.2, 0) is 0 Å². The number of hydrogen-bond acceptors (Lipinski definition) is 2. The molecule has 3 N–H and O–H groups in total. The first kappa shape index (κ1) is 12.8. The van der Waals surface area contributed by atoms with Gasteiger partial charge in [0.15, 0.2) is 0 Å². The molecule has 2 nitrogen and oxygen atoms in total. The van der Waals surface area contributed by atoms with Crippen molar-refractivity contribution in [3.05, 3.63) is 34.6 Å². The van der Waals surface area contributed by atoms with Crippen LogP contribution in [0, 0.1) is 49.3 Å². The van der Waals surface area contributed by atoms with Gasteiger partial charge in [-0.2, -0.15) is 0 Å².